The van der Waals surface area contributed by atoms with E-state index < -0.39 is 11.9 Å². The van der Waals surface area contributed by atoms with Gasteiger partial charge in [0.15, 0.2) is 5.78 Å². The first-order chi connectivity index (χ1) is 10.9. The first kappa shape index (κ1) is 16.5. The van der Waals surface area contributed by atoms with Gasteiger partial charge in [-0.1, -0.05) is 0 Å². The quantitative estimate of drug-likeness (QED) is 0.640. The molecule has 6 heteroatoms. The van der Waals surface area contributed by atoms with Gasteiger partial charge in [-0.25, -0.2) is 9.59 Å². The molecule has 1 aromatic heterocycles. The minimum atomic E-state index is -0.618. The minimum Gasteiger partial charge on any atom is -0.465 e. The topological polar surface area (TPSA) is 74.6 Å². The van der Waals surface area contributed by atoms with Crippen molar-refractivity contribution >= 4 is 17.7 Å². The number of benzene rings is 1. The number of aromatic nitrogens is 1. The lowest BCUT2D eigenvalue weighted by Crippen LogP contribution is -2.10. The number of carbonyl (C=O) groups is 3. The molecule has 0 fully saturated rings. The summed E-state index contributed by atoms with van der Waals surface area (Å²) in [5.41, 5.74) is 2.14. The largest absolute Gasteiger partial charge is 0.465 e. The Labute approximate surface area is 133 Å². The highest BCUT2D eigenvalue weighted by Crippen LogP contribution is 2.23. The molecular weight excluding hydrogens is 298 g/mol. The van der Waals surface area contributed by atoms with E-state index in [1.807, 2.05) is 0 Å². The first-order valence-corrected chi connectivity index (χ1v) is 6.90. The van der Waals surface area contributed by atoms with Crippen LogP contribution in [0, 0.1) is 6.92 Å². The molecule has 120 valence electrons. The summed E-state index contributed by atoms with van der Waals surface area (Å²) in [5, 5.41) is 0. The van der Waals surface area contributed by atoms with Crippen molar-refractivity contribution in [2.75, 3.05) is 14.2 Å². The van der Waals surface area contributed by atoms with Crippen LogP contribution in [0.15, 0.2) is 30.5 Å². The summed E-state index contributed by atoms with van der Waals surface area (Å²) in [7, 11) is 2.50. The number of Topliss-reactive ketones (excluding diaryl/α,β-unsaturated/α-hetero) is 1. The van der Waals surface area contributed by atoms with E-state index >= 15 is 0 Å². The Balaban J connectivity index is 2.59. The molecule has 2 aromatic rings. The summed E-state index contributed by atoms with van der Waals surface area (Å²) >= 11 is 0. The molecular formula is C17H17NO5. The van der Waals surface area contributed by atoms with Gasteiger partial charge in [0.05, 0.1) is 25.3 Å². The Morgan fingerprint density at radius 2 is 1.52 bits per heavy atom. The predicted molar refractivity (Wildman–Crippen MR) is 83.2 cm³/mol. The lowest BCUT2D eigenvalue weighted by Gasteiger charge is -2.07. The highest BCUT2D eigenvalue weighted by atomic mass is 16.5. The molecule has 6 nitrogen and oxygen atoms in total. The summed E-state index contributed by atoms with van der Waals surface area (Å²) in [6.45, 7) is 3.19. The van der Waals surface area contributed by atoms with E-state index in [1.165, 1.54) is 27.3 Å². The molecule has 1 aromatic carbocycles. The van der Waals surface area contributed by atoms with Crippen LogP contribution in [0.2, 0.25) is 0 Å². The average Bonchev–Trinajstić information content (AvgIpc) is 2.90. The van der Waals surface area contributed by atoms with Crippen LogP contribution in [0.1, 0.15) is 43.7 Å². The molecule has 0 aliphatic heterocycles. The molecule has 0 bridgehead atoms. The third kappa shape index (κ3) is 3.01. The number of carbonyl (C=O) groups excluding carboxylic acids is 3. The molecule has 0 unspecified atom stereocenters. The fraction of sp³-hybridized carbons (Fsp3) is 0.235. The van der Waals surface area contributed by atoms with Gasteiger partial charge in [0, 0.05) is 23.1 Å². The van der Waals surface area contributed by atoms with E-state index in [1.54, 1.807) is 35.8 Å². The minimum absolute atomic E-state index is 0.0359. The highest BCUT2D eigenvalue weighted by Gasteiger charge is 2.25. The second-order valence-corrected chi connectivity index (χ2v) is 4.96. The van der Waals surface area contributed by atoms with Crippen molar-refractivity contribution < 1.29 is 23.9 Å². The predicted octanol–water partition coefficient (Wildman–Crippen LogP) is 2.56. The van der Waals surface area contributed by atoms with Gasteiger partial charge in [0.2, 0.25) is 0 Å². The van der Waals surface area contributed by atoms with Crippen LogP contribution in [0.3, 0.4) is 0 Å². The van der Waals surface area contributed by atoms with Gasteiger partial charge < -0.3 is 14.0 Å². The van der Waals surface area contributed by atoms with Crippen LogP contribution in [-0.4, -0.2) is 36.5 Å². The van der Waals surface area contributed by atoms with Crippen LogP contribution < -0.4 is 0 Å². The van der Waals surface area contributed by atoms with Crippen LogP contribution in [-0.2, 0) is 9.47 Å². The van der Waals surface area contributed by atoms with Gasteiger partial charge in [-0.15, -0.1) is 0 Å². The summed E-state index contributed by atoms with van der Waals surface area (Å²) in [4.78, 5) is 35.2. The molecule has 2 rings (SSSR count). The molecule has 23 heavy (non-hydrogen) atoms. The monoisotopic (exact) mass is 315 g/mol. The summed E-state index contributed by atoms with van der Waals surface area (Å²) in [6.07, 6.45) is 1.52. The van der Waals surface area contributed by atoms with Crippen LogP contribution >= 0.6 is 0 Å². The molecule has 0 N–H and O–H groups in total. The van der Waals surface area contributed by atoms with Crippen molar-refractivity contribution in [2.45, 2.75) is 13.8 Å². The summed E-state index contributed by atoms with van der Waals surface area (Å²) in [5.74, 6) is -1.26. The Bertz CT molecular complexity index is 771. The van der Waals surface area contributed by atoms with Crippen LogP contribution in [0.5, 0.6) is 0 Å². The lowest BCUT2D eigenvalue weighted by molar-refractivity contribution is 0.0556. The molecule has 0 radical (unpaired) electrons. The Morgan fingerprint density at radius 3 is 2.00 bits per heavy atom. The molecule has 0 amide bonds. The highest BCUT2D eigenvalue weighted by molar-refractivity contribution is 6.04. The molecule has 0 spiro atoms. The van der Waals surface area contributed by atoms with E-state index in [-0.39, 0.29) is 16.9 Å². The van der Waals surface area contributed by atoms with E-state index in [4.69, 9.17) is 9.47 Å². The molecule has 0 aliphatic rings. The molecule has 0 saturated carbocycles. The van der Waals surface area contributed by atoms with Gasteiger partial charge in [-0.05, 0) is 38.1 Å². The number of hydrogen-bond acceptors (Lipinski definition) is 5. The van der Waals surface area contributed by atoms with Crippen LogP contribution in [0.4, 0.5) is 0 Å². The number of ether oxygens (including phenoxy) is 2. The van der Waals surface area contributed by atoms with Gasteiger partial charge in [-0.3, -0.25) is 4.79 Å². The average molecular weight is 315 g/mol. The Hall–Kier alpha value is -2.89. The van der Waals surface area contributed by atoms with Crippen LogP contribution in [0.25, 0.3) is 5.69 Å². The maximum Gasteiger partial charge on any atom is 0.340 e. The molecule has 1 heterocycles. The maximum absolute atomic E-state index is 12.0. The number of hydrogen-bond donors (Lipinski definition) is 0. The fourth-order valence-electron chi connectivity index (χ4n) is 2.36. The summed E-state index contributed by atoms with van der Waals surface area (Å²) < 4.78 is 11.2. The van der Waals surface area contributed by atoms with E-state index in [0.717, 1.165) is 0 Å². The van der Waals surface area contributed by atoms with Gasteiger partial charge in [0.1, 0.15) is 0 Å². The van der Waals surface area contributed by atoms with E-state index in [9.17, 15) is 14.4 Å². The van der Waals surface area contributed by atoms with Crippen molar-refractivity contribution in [1.82, 2.24) is 4.57 Å². The molecule has 0 saturated heterocycles. The van der Waals surface area contributed by atoms with Crippen molar-refractivity contribution in [3.63, 3.8) is 0 Å². The fourth-order valence-corrected chi connectivity index (χ4v) is 2.36. The molecule has 0 aliphatic carbocycles. The number of nitrogens with zero attached hydrogens (tertiary/aromatic N) is 1. The normalized spacial score (nSPS) is 10.3. The zero-order chi connectivity index (χ0) is 17.1. The second-order valence-electron chi connectivity index (χ2n) is 4.96. The van der Waals surface area contributed by atoms with Gasteiger partial charge in [-0.2, -0.15) is 0 Å². The Kier molecular flexibility index (Phi) is 4.64. The van der Waals surface area contributed by atoms with Gasteiger partial charge in [0.25, 0.3) is 0 Å². The van der Waals surface area contributed by atoms with Crippen molar-refractivity contribution in [3.05, 3.63) is 52.8 Å². The SMILES string of the molecule is COC(=O)c1cn(-c2ccc(C(C)=O)cc2)c(C)c1C(=O)OC. The number of rotatable bonds is 4. The third-order valence-corrected chi connectivity index (χ3v) is 3.60. The lowest BCUT2D eigenvalue weighted by atomic mass is 10.1. The second kappa shape index (κ2) is 6.48. The van der Waals surface area contributed by atoms with Gasteiger partial charge >= 0.3 is 11.9 Å². The summed E-state index contributed by atoms with van der Waals surface area (Å²) in [6, 6.07) is 6.86. The van der Waals surface area contributed by atoms with Crippen molar-refractivity contribution in [2.24, 2.45) is 0 Å². The number of esters is 2. The number of ketones is 1. The smallest absolute Gasteiger partial charge is 0.340 e. The third-order valence-electron chi connectivity index (χ3n) is 3.60. The maximum atomic E-state index is 12.0. The van der Waals surface area contributed by atoms with E-state index in [2.05, 4.69) is 0 Å². The van der Waals surface area contributed by atoms with E-state index in [0.29, 0.717) is 16.9 Å². The first-order valence-electron chi connectivity index (χ1n) is 6.90. The standard InChI is InChI=1S/C17H17NO5/c1-10-15(17(21)23-4)14(16(20)22-3)9-18(10)13-7-5-12(6-8-13)11(2)19/h5-9H,1-4H3. The zero-order valence-electron chi connectivity index (χ0n) is 13.4. The van der Waals surface area contributed by atoms with Crippen molar-refractivity contribution in [1.29, 1.82) is 0 Å². The number of methoxy groups -OCH3 is 2. The zero-order valence-corrected chi connectivity index (χ0v) is 13.4. The molecule has 0 atom stereocenters. The van der Waals surface area contributed by atoms with Crippen molar-refractivity contribution in [3.8, 4) is 5.69 Å². The Morgan fingerprint density at radius 1 is 0.957 bits per heavy atom.